The van der Waals surface area contributed by atoms with Crippen molar-refractivity contribution in [1.82, 2.24) is 9.55 Å². The third kappa shape index (κ3) is 1.92. The normalized spacial score (nSPS) is 11.3. The maximum Gasteiger partial charge on any atom is 0.206 e. The summed E-state index contributed by atoms with van der Waals surface area (Å²) in [5, 5.41) is 0.190. The van der Waals surface area contributed by atoms with Gasteiger partial charge in [0.25, 0.3) is 0 Å². The zero-order chi connectivity index (χ0) is 15.3. The Hall–Kier alpha value is -2.28. The van der Waals surface area contributed by atoms with E-state index in [1.165, 1.54) is 18.2 Å². The molecule has 0 radical (unpaired) electrons. The summed E-state index contributed by atoms with van der Waals surface area (Å²) < 4.78 is 55.2. The van der Waals surface area contributed by atoms with Crippen LogP contribution in [0.3, 0.4) is 0 Å². The molecule has 0 spiro atoms. The predicted molar refractivity (Wildman–Crippen MR) is 70.3 cm³/mol. The van der Waals surface area contributed by atoms with Crippen molar-refractivity contribution in [3.63, 3.8) is 0 Å². The number of hydrogen-bond acceptors (Lipinski definition) is 2. The van der Waals surface area contributed by atoms with E-state index in [-0.39, 0.29) is 28.1 Å². The molecule has 0 aliphatic rings. The second kappa shape index (κ2) is 4.63. The minimum absolute atomic E-state index is 0.121. The monoisotopic (exact) mass is 315 g/mol. The molecule has 0 amide bonds. The molecular formula is C13H6ClF4N3. The molecule has 8 heteroatoms. The first-order valence-corrected chi connectivity index (χ1v) is 6.05. The van der Waals surface area contributed by atoms with E-state index in [2.05, 4.69) is 4.98 Å². The van der Waals surface area contributed by atoms with Crippen LogP contribution in [0.4, 0.5) is 23.5 Å². The number of hydrogen-bond donors (Lipinski definition) is 1. The lowest BCUT2D eigenvalue weighted by molar-refractivity contribution is 0.449. The van der Waals surface area contributed by atoms with Gasteiger partial charge in [0, 0.05) is 6.07 Å². The lowest BCUT2D eigenvalue weighted by Gasteiger charge is -2.10. The molecule has 21 heavy (non-hydrogen) atoms. The van der Waals surface area contributed by atoms with Gasteiger partial charge < -0.3 is 5.73 Å². The molecular weight excluding hydrogens is 310 g/mol. The summed E-state index contributed by atoms with van der Waals surface area (Å²) in [6.45, 7) is 0. The van der Waals surface area contributed by atoms with Crippen LogP contribution in [0, 0.1) is 23.3 Å². The summed E-state index contributed by atoms with van der Waals surface area (Å²) in [5.74, 6) is -6.56. The van der Waals surface area contributed by atoms with Gasteiger partial charge in [-0.3, -0.25) is 4.57 Å². The lowest BCUT2D eigenvalue weighted by Crippen LogP contribution is -2.09. The van der Waals surface area contributed by atoms with E-state index in [9.17, 15) is 17.6 Å². The van der Waals surface area contributed by atoms with E-state index in [0.29, 0.717) is 0 Å². The summed E-state index contributed by atoms with van der Waals surface area (Å²) in [6.07, 6.45) is 0. The van der Waals surface area contributed by atoms with E-state index >= 15 is 0 Å². The van der Waals surface area contributed by atoms with Gasteiger partial charge in [-0.2, -0.15) is 0 Å². The second-order valence-corrected chi connectivity index (χ2v) is 4.64. The van der Waals surface area contributed by atoms with Gasteiger partial charge in [-0.05, 0) is 12.1 Å². The molecule has 0 bridgehead atoms. The Morgan fingerprint density at radius 2 is 1.67 bits per heavy atom. The maximum absolute atomic E-state index is 13.9. The van der Waals surface area contributed by atoms with E-state index in [1.807, 2.05) is 0 Å². The van der Waals surface area contributed by atoms with Crippen molar-refractivity contribution in [3.05, 3.63) is 52.6 Å². The van der Waals surface area contributed by atoms with Crippen LogP contribution in [-0.4, -0.2) is 9.55 Å². The number of anilines is 1. The van der Waals surface area contributed by atoms with Crippen molar-refractivity contribution >= 4 is 28.6 Å². The molecule has 0 atom stereocenters. The van der Waals surface area contributed by atoms with Gasteiger partial charge in [0.1, 0.15) is 11.2 Å². The van der Waals surface area contributed by atoms with Gasteiger partial charge in [-0.15, -0.1) is 0 Å². The van der Waals surface area contributed by atoms with Crippen molar-refractivity contribution in [2.45, 2.75) is 0 Å². The average molecular weight is 316 g/mol. The molecule has 108 valence electrons. The smallest absolute Gasteiger partial charge is 0.206 e. The fourth-order valence-electron chi connectivity index (χ4n) is 2.07. The van der Waals surface area contributed by atoms with Crippen molar-refractivity contribution < 1.29 is 17.6 Å². The Labute approximate surface area is 120 Å². The standard InChI is InChI=1S/C13H6ClF4N3/c14-5-2-1-3-8-11(5)20-13(19)21(8)12-9(17)6(15)4-7(16)10(12)18/h1-4H,(H2,19,20). The van der Waals surface area contributed by atoms with Crippen LogP contribution in [0.2, 0.25) is 5.02 Å². The Kier molecular flexibility index (Phi) is 3.02. The summed E-state index contributed by atoms with van der Waals surface area (Å²) in [6, 6.07) is 4.54. The Morgan fingerprint density at radius 3 is 2.29 bits per heavy atom. The van der Waals surface area contributed by atoms with E-state index in [4.69, 9.17) is 17.3 Å². The van der Waals surface area contributed by atoms with Crippen LogP contribution in [0.15, 0.2) is 24.3 Å². The van der Waals surface area contributed by atoms with Crippen LogP contribution in [-0.2, 0) is 0 Å². The largest absolute Gasteiger partial charge is 0.369 e. The van der Waals surface area contributed by atoms with Gasteiger partial charge in [0.05, 0.1) is 10.5 Å². The van der Waals surface area contributed by atoms with Gasteiger partial charge in [0.2, 0.25) is 5.95 Å². The number of halogens is 5. The minimum atomic E-state index is -1.57. The van der Waals surface area contributed by atoms with Crippen molar-refractivity contribution in [2.75, 3.05) is 5.73 Å². The molecule has 0 unspecified atom stereocenters. The van der Waals surface area contributed by atoms with Crippen LogP contribution >= 0.6 is 11.6 Å². The highest BCUT2D eigenvalue weighted by Crippen LogP contribution is 2.31. The summed E-state index contributed by atoms with van der Waals surface area (Å²) in [7, 11) is 0. The fraction of sp³-hybridized carbons (Fsp3) is 0. The van der Waals surface area contributed by atoms with Crippen LogP contribution < -0.4 is 5.73 Å². The Balaban J connectivity index is 2.47. The number of rotatable bonds is 1. The van der Waals surface area contributed by atoms with Crippen molar-refractivity contribution in [1.29, 1.82) is 0 Å². The van der Waals surface area contributed by atoms with E-state index in [1.54, 1.807) is 0 Å². The molecule has 0 saturated carbocycles. The molecule has 3 rings (SSSR count). The average Bonchev–Trinajstić information content (AvgIpc) is 2.76. The molecule has 3 aromatic rings. The first kappa shape index (κ1) is 13.7. The number of para-hydroxylation sites is 1. The van der Waals surface area contributed by atoms with Crippen molar-refractivity contribution in [3.8, 4) is 5.69 Å². The highest BCUT2D eigenvalue weighted by molar-refractivity contribution is 6.35. The van der Waals surface area contributed by atoms with Crippen LogP contribution in [0.1, 0.15) is 0 Å². The molecule has 0 saturated heterocycles. The molecule has 0 aliphatic heterocycles. The van der Waals surface area contributed by atoms with Crippen LogP contribution in [0.5, 0.6) is 0 Å². The topological polar surface area (TPSA) is 43.8 Å². The van der Waals surface area contributed by atoms with Crippen LogP contribution in [0.25, 0.3) is 16.7 Å². The molecule has 0 fully saturated rings. The van der Waals surface area contributed by atoms with Gasteiger partial charge in [0.15, 0.2) is 23.3 Å². The summed E-state index contributed by atoms with van der Waals surface area (Å²) in [5.41, 5.74) is 4.92. The maximum atomic E-state index is 13.9. The quantitative estimate of drug-likeness (QED) is 0.548. The number of nitrogen functional groups attached to an aromatic ring is 1. The number of aromatic nitrogens is 2. The Bertz CT molecular complexity index is 849. The predicted octanol–water partition coefficient (Wildman–Crippen LogP) is 3.82. The second-order valence-electron chi connectivity index (χ2n) is 4.23. The third-order valence-electron chi connectivity index (χ3n) is 2.97. The SMILES string of the molecule is Nc1nc2c(Cl)cccc2n1-c1c(F)c(F)cc(F)c1F. The number of nitrogens with two attached hydrogens (primary N) is 1. The fourth-order valence-corrected chi connectivity index (χ4v) is 2.29. The molecule has 1 aromatic heterocycles. The number of benzene rings is 2. The molecule has 0 aliphatic carbocycles. The van der Waals surface area contributed by atoms with Gasteiger partial charge in [-0.25, -0.2) is 22.5 Å². The van der Waals surface area contributed by atoms with Gasteiger partial charge >= 0.3 is 0 Å². The van der Waals surface area contributed by atoms with E-state index < -0.39 is 29.0 Å². The first-order chi connectivity index (χ1) is 9.91. The molecule has 1 heterocycles. The summed E-state index contributed by atoms with van der Waals surface area (Å²) in [4.78, 5) is 3.86. The highest BCUT2D eigenvalue weighted by atomic mass is 35.5. The van der Waals surface area contributed by atoms with Gasteiger partial charge in [-0.1, -0.05) is 17.7 Å². The third-order valence-corrected chi connectivity index (χ3v) is 3.28. The van der Waals surface area contributed by atoms with Crippen molar-refractivity contribution in [2.24, 2.45) is 0 Å². The van der Waals surface area contributed by atoms with E-state index in [0.717, 1.165) is 4.57 Å². The lowest BCUT2D eigenvalue weighted by atomic mass is 10.2. The molecule has 2 N–H and O–H groups in total. The highest BCUT2D eigenvalue weighted by Gasteiger charge is 2.24. The zero-order valence-corrected chi connectivity index (χ0v) is 10.9. The summed E-state index contributed by atoms with van der Waals surface area (Å²) >= 11 is 5.90. The number of fused-ring (bicyclic) bond motifs is 1. The molecule has 2 aromatic carbocycles. The number of nitrogens with zero attached hydrogens (tertiary/aromatic N) is 2. The minimum Gasteiger partial charge on any atom is -0.369 e. The molecule has 3 nitrogen and oxygen atoms in total. The zero-order valence-electron chi connectivity index (χ0n) is 10.2. The first-order valence-electron chi connectivity index (χ1n) is 5.67. The number of imidazole rings is 1. The Morgan fingerprint density at radius 1 is 1.05 bits per heavy atom.